The van der Waals surface area contributed by atoms with E-state index in [1.165, 1.54) is 6.33 Å². The summed E-state index contributed by atoms with van der Waals surface area (Å²) in [6.45, 7) is 5.06. The number of aryl methyl sites for hydroxylation is 1. The first kappa shape index (κ1) is 23.5. The molecule has 1 aliphatic rings. The molecule has 2 radical (unpaired) electrons. The van der Waals surface area contributed by atoms with Gasteiger partial charge in [-0.05, 0) is 77.7 Å². The topological polar surface area (TPSA) is 63.4 Å². The Balaban J connectivity index is 1.69. The average molecular weight is 581 g/mol. The Bertz CT molecular complexity index is 1160. The minimum atomic E-state index is -0.593. The third-order valence-corrected chi connectivity index (χ3v) is 7.44. The van der Waals surface area contributed by atoms with Crippen molar-refractivity contribution in [3.8, 4) is 0 Å². The van der Waals surface area contributed by atoms with Crippen LogP contribution in [0.1, 0.15) is 46.6 Å². The fourth-order valence-electron chi connectivity index (χ4n) is 4.13. The molecule has 1 aliphatic heterocycles. The monoisotopic (exact) mass is 581 g/mol. The Kier molecular flexibility index (Phi) is 6.51. The molecule has 1 aromatic carbocycles. The molecule has 1 fully saturated rings. The summed E-state index contributed by atoms with van der Waals surface area (Å²) in [5.74, 6) is 0.565. The third-order valence-electron chi connectivity index (χ3n) is 5.46. The SMILES string of the molecule is [B]C1(P)CC(c2cc(C)nc3ncnn23)CN(C(=O)c2ccc(I)c(C(C)(P)P)c2)C1. The zero-order valence-electron chi connectivity index (χ0n) is 17.4. The fraction of sp³-hybridized carbons (Fsp3) is 0.400. The first-order valence-corrected chi connectivity index (χ1v) is 12.7. The van der Waals surface area contributed by atoms with E-state index in [2.05, 4.69) is 72.3 Å². The molecule has 5 atom stereocenters. The van der Waals surface area contributed by atoms with Crippen molar-refractivity contribution in [1.82, 2.24) is 24.5 Å². The molecule has 1 amide bonds. The van der Waals surface area contributed by atoms with Crippen molar-refractivity contribution in [3.63, 3.8) is 0 Å². The normalized spacial score (nSPS) is 22.1. The molecule has 2 aromatic heterocycles. The molecule has 11 heteroatoms. The summed E-state index contributed by atoms with van der Waals surface area (Å²) in [7, 11) is 15.0. The van der Waals surface area contributed by atoms with Crippen LogP contribution in [0.5, 0.6) is 0 Å². The number of halogens is 1. The van der Waals surface area contributed by atoms with Crippen LogP contribution in [0.4, 0.5) is 0 Å². The number of carbonyl (C=O) groups is 1. The summed E-state index contributed by atoms with van der Waals surface area (Å²) in [5, 5.41) is 3.75. The number of aromatic nitrogens is 4. The van der Waals surface area contributed by atoms with Gasteiger partial charge in [-0.25, -0.2) is 9.50 Å². The molecule has 0 aliphatic carbocycles. The van der Waals surface area contributed by atoms with Crippen molar-refractivity contribution in [3.05, 3.63) is 56.7 Å². The molecular formula is C20H24BIN5OP3. The minimum Gasteiger partial charge on any atom is -0.338 e. The van der Waals surface area contributed by atoms with Crippen LogP contribution in [0, 0.1) is 10.5 Å². The number of amides is 1. The zero-order chi connectivity index (χ0) is 22.6. The first-order valence-electron chi connectivity index (χ1n) is 9.87. The molecule has 1 saturated heterocycles. The van der Waals surface area contributed by atoms with Gasteiger partial charge in [-0.2, -0.15) is 10.1 Å². The lowest BCUT2D eigenvalue weighted by Gasteiger charge is -2.43. The third kappa shape index (κ3) is 4.98. The van der Waals surface area contributed by atoms with E-state index in [-0.39, 0.29) is 16.7 Å². The molecule has 31 heavy (non-hydrogen) atoms. The van der Waals surface area contributed by atoms with Gasteiger partial charge in [0.2, 0.25) is 0 Å². The maximum Gasteiger partial charge on any atom is 0.253 e. The van der Waals surface area contributed by atoms with Gasteiger partial charge in [0.25, 0.3) is 11.7 Å². The van der Waals surface area contributed by atoms with Crippen LogP contribution in [0.15, 0.2) is 30.6 Å². The average Bonchev–Trinajstić information content (AvgIpc) is 3.13. The Morgan fingerprint density at radius 2 is 2.10 bits per heavy atom. The van der Waals surface area contributed by atoms with E-state index in [1.807, 2.05) is 36.1 Å². The Morgan fingerprint density at radius 1 is 1.35 bits per heavy atom. The lowest BCUT2D eigenvalue weighted by atomic mass is 9.74. The summed E-state index contributed by atoms with van der Waals surface area (Å²) >= 11 is 2.31. The summed E-state index contributed by atoms with van der Waals surface area (Å²) in [4.78, 5) is 23.9. The lowest BCUT2D eigenvalue weighted by molar-refractivity contribution is 0.0698. The summed E-state index contributed by atoms with van der Waals surface area (Å²) in [5.41, 5.74) is 3.61. The highest BCUT2D eigenvalue weighted by Crippen LogP contribution is 2.41. The molecule has 0 saturated carbocycles. The van der Waals surface area contributed by atoms with E-state index < -0.39 is 5.06 Å². The van der Waals surface area contributed by atoms with Crippen molar-refractivity contribution in [2.45, 2.75) is 36.1 Å². The number of hydrogen-bond donors (Lipinski definition) is 0. The molecule has 4 rings (SSSR count). The predicted octanol–water partition coefficient (Wildman–Crippen LogP) is 3.33. The Morgan fingerprint density at radius 3 is 2.81 bits per heavy atom. The largest absolute Gasteiger partial charge is 0.338 e. The second kappa shape index (κ2) is 8.59. The van der Waals surface area contributed by atoms with Crippen molar-refractivity contribution in [2.75, 3.05) is 13.1 Å². The van der Waals surface area contributed by atoms with Crippen molar-refractivity contribution in [1.29, 1.82) is 0 Å². The molecule has 3 heterocycles. The van der Waals surface area contributed by atoms with Gasteiger partial charge < -0.3 is 4.90 Å². The second-order valence-corrected chi connectivity index (χ2v) is 14.0. The Hall–Kier alpha value is -0.675. The second-order valence-electron chi connectivity index (χ2n) is 8.59. The van der Waals surface area contributed by atoms with E-state index in [4.69, 9.17) is 7.85 Å². The molecular weight excluding hydrogens is 557 g/mol. The highest BCUT2D eigenvalue weighted by atomic mass is 127. The molecule has 3 aromatic rings. The predicted molar refractivity (Wildman–Crippen MR) is 143 cm³/mol. The Labute approximate surface area is 204 Å². The van der Waals surface area contributed by atoms with Gasteiger partial charge in [0.15, 0.2) is 0 Å². The van der Waals surface area contributed by atoms with Gasteiger partial charge in [-0.3, -0.25) is 4.79 Å². The van der Waals surface area contributed by atoms with E-state index in [0.29, 0.717) is 30.9 Å². The van der Waals surface area contributed by atoms with Gasteiger partial charge in [0.05, 0.1) is 13.5 Å². The highest BCUT2D eigenvalue weighted by Gasteiger charge is 2.37. The first-order chi connectivity index (χ1) is 14.4. The highest BCUT2D eigenvalue weighted by molar-refractivity contribution is 14.1. The fourth-order valence-corrected chi connectivity index (χ4v) is 6.62. The molecule has 5 unspecified atom stereocenters. The van der Waals surface area contributed by atoms with Gasteiger partial charge in [-0.15, -0.1) is 27.7 Å². The van der Waals surface area contributed by atoms with Crippen LogP contribution < -0.4 is 0 Å². The number of fused-ring (bicyclic) bond motifs is 1. The number of hydrogen-bond acceptors (Lipinski definition) is 4. The molecule has 160 valence electrons. The minimum absolute atomic E-state index is 0.0144. The lowest BCUT2D eigenvalue weighted by Crippen LogP contribution is -2.50. The summed E-state index contributed by atoms with van der Waals surface area (Å²) in [6.07, 6.45) is 2.22. The van der Waals surface area contributed by atoms with Crippen LogP contribution in [0.2, 0.25) is 0 Å². The van der Waals surface area contributed by atoms with Gasteiger partial charge >= 0.3 is 0 Å². The van der Waals surface area contributed by atoms with E-state index in [9.17, 15) is 4.79 Å². The van der Waals surface area contributed by atoms with Gasteiger partial charge in [0, 0.05) is 38.7 Å². The standard InChI is InChI=1S/C20H24BIN5OP3/c1-11-5-16(27-18(25-11)23-10-24-27)13-7-20(21,31)9-26(8-13)17(28)12-3-4-15(22)14(6-12)19(2,29)30/h3-6,10,13H,7-9,29-31H2,1-2H3. The van der Waals surface area contributed by atoms with Gasteiger partial charge in [0.1, 0.15) is 6.33 Å². The molecule has 6 nitrogen and oxygen atoms in total. The number of carbonyl (C=O) groups excluding carboxylic acids is 1. The van der Waals surface area contributed by atoms with Crippen molar-refractivity contribution in [2.24, 2.45) is 0 Å². The van der Waals surface area contributed by atoms with Crippen LogP contribution in [-0.2, 0) is 4.90 Å². The number of rotatable bonds is 3. The smallest absolute Gasteiger partial charge is 0.253 e. The molecule has 0 N–H and O–H groups in total. The van der Waals surface area contributed by atoms with Crippen LogP contribution in [-0.4, -0.2) is 56.4 Å². The van der Waals surface area contributed by atoms with Gasteiger partial charge in [-0.1, -0.05) is 0 Å². The maximum absolute atomic E-state index is 13.5. The van der Waals surface area contributed by atoms with Crippen molar-refractivity contribution < 1.29 is 4.79 Å². The number of likely N-dealkylation sites (tertiary alicyclic amines) is 1. The number of benzene rings is 1. The van der Waals surface area contributed by atoms with E-state index in [1.54, 1.807) is 4.52 Å². The molecule has 0 spiro atoms. The molecule has 0 bridgehead atoms. The number of piperidine rings is 1. The summed E-state index contributed by atoms with van der Waals surface area (Å²) in [6, 6.07) is 7.89. The van der Waals surface area contributed by atoms with Crippen LogP contribution >= 0.6 is 50.3 Å². The van der Waals surface area contributed by atoms with E-state index >= 15 is 0 Å². The van der Waals surface area contributed by atoms with Crippen LogP contribution in [0.25, 0.3) is 5.78 Å². The van der Waals surface area contributed by atoms with Crippen LogP contribution in [0.3, 0.4) is 0 Å². The summed E-state index contributed by atoms with van der Waals surface area (Å²) < 4.78 is 2.88. The number of nitrogens with zero attached hydrogens (tertiary/aromatic N) is 5. The zero-order valence-corrected chi connectivity index (χ0v) is 23.0. The van der Waals surface area contributed by atoms with Crippen molar-refractivity contribution >= 4 is 69.8 Å². The maximum atomic E-state index is 13.5. The quantitative estimate of drug-likeness (QED) is 0.271. The van der Waals surface area contributed by atoms with E-state index in [0.717, 1.165) is 20.5 Å².